The Kier molecular flexibility index (Phi) is 5.46. The Morgan fingerprint density at radius 2 is 1.97 bits per heavy atom. The third-order valence-electron chi connectivity index (χ3n) is 6.25. The number of aromatic carboxylic acids is 1. The van der Waals surface area contributed by atoms with Crippen LogP contribution < -0.4 is 0 Å². The predicted molar refractivity (Wildman–Crippen MR) is 119 cm³/mol. The van der Waals surface area contributed by atoms with E-state index in [9.17, 15) is 14.7 Å². The SMILES string of the molecule is C#CCn1c(-c2ccccc2C=O)c(C2CCCCC2)c2c(C)cc(C(=O)O)cc21. The summed E-state index contributed by atoms with van der Waals surface area (Å²) in [5.41, 5.74) is 5.67. The van der Waals surface area contributed by atoms with Crippen molar-refractivity contribution in [3.63, 3.8) is 0 Å². The average Bonchev–Trinajstić information content (AvgIpc) is 3.09. The van der Waals surface area contributed by atoms with Gasteiger partial charge in [-0.05, 0) is 48.9 Å². The highest BCUT2D eigenvalue weighted by atomic mass is 16.4. The summed E-state index contributed by atoms with van der Waals surface area (Å²) in [4.78, 5) is 23.6. The third kappa shape index (κ3) is 3.31. The molecule has 0 saturated heterocycles. The maximum atomic E-state index is 11.9. The summed E-state index contributed by atoms with van der Waals surface area (Å²) in [5, 5.41) is 10.7. The monoisotopic (exact) mass is 399 g/mol. The molecule has 0 spiro atoms. The van der Waals surface area contributed by atoms with Crippen molar-refractivity contribution in [3.8, 4) is 23.6 Å². The quantitative estimate of drug-likeness (QED) is 0.435. The topological polar surface area (TPSA) is 59.3 Å². The molecule has 1 N–H and O–H groups in total. The lowest BCUT2D eigenvalue weighted by atomic mass is 9.80. The second-order valence-electron chi connectivity index (χ2n) is 8.09. The van der Waals surface area contributed by atoms with Crippen molar-refractivity contribution in [2.45, 2.75) is 51.5 Å². The van der Waals surface area contributed by atoms with Gasteiger partial charge in [0.05, 0.1) is 23.3 Å². The van der Waals surface area contributed by atoms with Crippen LogP contribution in [-0.2, 0) is 6.54 Å². The molecule has 4 heteroatoms. The van der Waals surface area contributed by atoms with Gasteiger partial charge in [0.2, 0.25) is 0 Å². The van der Waals surface area contributed by atoms with E-state index in [1.54, 1.807) is 12.1 Å². The summed E-state index contributed by atoms with van der Waals surface area (Å²) in [6.07, 6.45) is 12.4. The molecule has 1 heterocycles. The Morgan fingerprint density at radius 3 is 2.63 bits per heavy atom. The van der Waals surface area contributed by atoms with E-state index in [0.717, 1.165) is 46.9 Å². The third-order valence-corrected chi connectivity index (χ3v) is 6.25. The lowest BCUT2D eigenvalue weighted by Crippen LogP contribution is -2.08. The van der Waals surface area contributed by atoms with Crippen molar-refractivity contribution in [1.29, 1.82) is 0 Å². The van der Waals surface area contributed by atoms with Gasteiger partial charge in [0.25, 0.3) is 0 Å². The second kappa shape index (κ2) is 8.20. The molecule has 0 amide bonds. The molecule has 1 aliphatic carbocycles. The normalized spacial score (nSPS) is 14.5. The number of hydrogen-bond donors (Lipinski definition) is 1. The van der Waals surface area contributed by atoms with Crippen LogP contribution in [0.5, 0.6) is 0 Å². The lowest BCUT2D eigenvalue weighted by Gasteiger charge is -2.24. The maximum absolute atomic E-state index is 11.9. The van der Waals surface area contributed by atoms with E-state index < -0.39 is 5.97 Å². The van der Waals surface area contributed by atoms with E-state index in [1.807, 2.05) is 35.8 Å². The van der Waals surface area contributed by atoms with Crippen LogP contribution in [0, 0.1) is 19.3 Å². The number of carbonyl (C=O) groups excluding carboxylic acids is 1. The molecular weight excluding hydrogens is 374 g/mol. The number of carboxylic acids is 1. The number of nitrogens with zero attached hydrogens (tertiary/aromatic N) is 1. The molecule has 0 bridgehead atoms. The van der Waals surface area contributed by atoms with E-state index in [2.05, 4.69) is 5.92 Å². The number of benzene rings is 2. The second-order valence-corrected chi connectivity index (χ2v) is 8.09. The summed E-state index contributed by atoms with van der Waals surface area (Å²) in [6, 6.07) is 11.0. The molecule has 1 aromatic heterocycles. The van der Waals surface area contributed by atoms with Gasteiger partial charge in [-0.3, -0.25) is 4.79 Å². The number of carboxylic acid groups (broad SMARTS) is 1. The summed E-state index contributed by atoms with van der Waals surface area (Å²) >= 11 is 0. The zero-order chi connectivity index (χ0) is 21.3. The van der Waals surface area contributed by atoms with E-state index in [-0.39, 0.29) is 5.56 Å². The maximum Gasteiger partial charge on any atom is 0.335 e. The van der Waals surface area contributed by atoms with Gasteiger partial charge in [-0.1, -0.05) is 49.4 Å². The Labute approximate surface area is 176 Å². The van der Waals surface area contributed by atoms with Gasteiger partial charge in [-0.25, -0.2) is 4.79 Å². The molecule has 0 radical (unpaired) electrons. The number of hydrogen-bond acceptors (Lipinski definition) is 2. The fraction of sp³-hybridized carbons (Fsp3) is 0.308. The van der Waals surface area contributed by atoms with Gasteiger partial charge in [-0.2, -0.15) is 0 Å². The fourth-order valence-electron chi connectivity index (χ4n) is 4.99. The smallest absolute Gasteiger partial charge is 0.335 e. The number of aldehydes is 1. The van der Waals surface area contributed by atoms with Gasteiger partial charge in [-0.15, -0.1) is 6.42 Å². The number of terminal acetylenes is 1. The molecule has 1 fully saturated rings. The van der Waals surface area contributed by atoms with Crippen LogP contribution in [0.25, 0.3) is 22.2 Å². The molecule has 0 atom stereocenters. The van der Waals surface area contributed by atoms with Crippen molar-refractivity contribution >= 4 is 23.2 Å². The Balaban J connectivity index is 2.15. The largest absolute Gasteiger partial charge is 0.478 e. The molecule has 0 unspecified atom stereocenters. The van der Waals surface area contributed by atoms with Crippen molar-refractivity contribution in [2.24, 2.45) is 0 Å². The van der Waals surface area contributed by atoms with Crippen LogP contribution in [-0.4, -0.2) is 21.9 Å². The van der Waals surface area contributed by atoms with Crippen LogP contribution in [0.4, 0.5) is 0 Å². The van der Waals surface area contributed by atoms with Gasteiger partial charge in [0, 0.05) is 16.5 Å². The van der Waals surface area contributed by atoms with Crippen LogP contribution in [0.1, 0.15) is 69.9 Å². The minimum atomic E-state index is -0.956. The first-order valence-corrected chi connectivity index (χ1v) is 10.4. The summed E-state index contributed by atoms with van der Waals surface area (Å²) < 4.78 is 2.03. The van der Waals surface area contributed by atoms with E-state index in [0.29, 0.717) is 18.0 Å². The van der Waals surface area contributed by atoms with E-state index in [1.165, 1.54) is 24.8 Å². The zero-order valence-corrected chi connectivity index (χ0v) is 17.1. The van der Waals surface area contributed by atoms with Crippen molar-refractivity contribution in [2.75, 3.05) is 0 Å². The first-order valence-electron chi connectivity index (χ1n) is 10.4. The number of aromatic nitrogens is 1. The van der Waals surface area contributed by atoms with E-state index in [4.69, 9.17) is 6.42 Å². The number of aryl methyl sites for hydroxylation is 1. The molecule has 4 rings (SSSR count). The van der Waals surface area contributed by atoms with Crippen LogP contribution >= 0.6 is 0 Å². The minimum absolute atomic E-state index is 0.251. The fourth-order valence-corrected chi connectivity index (χ4v) is 4.99. The van der Waals surface area contributed by atoms with Crippen molar-refractivity contribution in [3.05, 3.63) is 58.7 Å². The molecule has 3 aromatic rings. The molecule has 30 heavy (non-hydrogen) atoms. The first-order chi connectivity index (χ1) is 14.6. The molecule has 1 aliphatic rings. The molecule has 1 saturated carbocycles. The molecule has 2 aromatic carbocycles. The van der Waals surface area contributed by atoms with Gasteiger partial charge in [0.15, 0.2) is 6.29 Å². The van der Waals surface area contributed by atoms with Crippen molar-refractivity contribution in [1.82, 2.24) is 4.57 Å². The number of fused-ring (bicyclic) bond motifs is 1. The number of rotatable bonds is 5. The molecule has 0 aliphatic heterocycles. The summed E-state index contributed by atoms with van der Waals surface area (Å²) in [7, 11) is 0. The van der Waals surface area contributed by atoms with Crippen LogP contribution in [0.3, 0.4) is 0 Å². The highest BCUT2D eigenvalue weighted by Gasteiger charge is 2.28. The highest BCUT2D eigenvalue weighted by molar-refractivity contribution is 6.01. The predicted octanol–water partition coefficient (Wildman–Crippen LogP) is 5.81. The van der Waals surface area contributed by atoms with E-state index >= 15 is 0 Å². The highest BCUT2D eigenvalue weighted by Crippen LogP contribution is 2.45. The van der Waals surface area contributed by atoms with Crippen molar-refractivity contribution < 1.29 is 14.7 Å². The van der Waals surface area contributed by atoms with Crippen LogP contribution in [0.15, 0.2) is 36.4 Å². The summed E-state index contributed by atoms with van der Waals surface area (Å²) in [5.74, 6) is 2.14. The zero-order valence-electron chi connectivity index (χ0n) is 17.1. The summed E-state index contributed by atoms with van der Waals surface area (Å²) in [6.45, 7) is 2.28. The minimum Gasteiger partial charge on any atom is -0.478 e. The van der Waals surface area contributed by atoms with Gasteiger partial charge >= 0.3 is 5.97 Å². The van der Waals surface area contributed by atoms with Crippen LogP contribution in [0.2, 0.25) is 0 Å². The standard InChI is InChI=1S/C26H25NO3/c1-3-13-27-22-15-20(26(29)30)14-17(2)23(22)24(18-9-5-4-6-10-18)25(27)21-12-8-7-11-19(21)16-28/h1,7-8,11-12,14-16,18H,4-6,9-10,13H2,2H3,(H,29,30). The number of carbonyl (C=O) groups is 2. The molecular formula is C26H25NO3. The Bertz CT molecular complexity index is 1170. The average molecular weight is 399 g/mol. The van der Waals surface area contributed by atoms with Gasteiger partial charge < -0.3 is 9.67 Å². The lowest BCUT2D eigenvalue weighted by molar-refractivity contribution is 0.0696. The molecule has 152 valence electrons. The Morgan fingerprint density at radius 1 is 1.23 bits per heavy atom. The first kappa shape index (κ1) is 20.0. The van der Waals surface area contributed by atoms with Gasteiger partial charge in [0.1, 0.15) is 0 Å². The molecule has 4 nitrogen and oxygen atoms in total. The Hall–Kier alpha value is -3.32.